The van der Waals surface area contributed by atoms with Gasteiger partial charge in [0.25, 0.3) is 0 Å². The number of halogens is 2. The molecule has 0 radical (unpaired) electrons. The Labute approximate surface area is 165 Å². The van der Waals surface area contributed by atoms with Gasteiger partial charge in [-0.2, -0.15) is 0 Å². The van der Waals surface area contributed by atoms with E-state index in [4.69, 9.17) is 37.8 Å². The van der Waals surface area contributed by atoms with Crippen LogP contribution in [-0.2, 0) is 16.0 Å². The van der Waals surface area contributed by atoms with E-state index in [9.17, 15) is 9.59 Å². The van der Waals surface area contributed by atoms with E-state index >= 15 is 0 Å². The zero-order valence-corrected chi connectivity index (χ0v) is 16.3. The number of hydrogen-bond acceptors (Lipinski definition) is 6. The Morgan fingerprint density at radius 3 is 2.62 bits per heavy atom. The van der Waals surface area contributed by atoms with Crippen molar-refractivity contribution in [1.82, 2.24) is 4.90 Å². The summed E-state index contributed by atoms with van der Waals surface area (Å²) in [6, 6.07) is 1.57. The molecule has 0 spiro atoms. The summed E-state index contributed by atoms with van der Waals surface area (Å²) in [4.78, 5) is 26.0. The molecular formula is C17H17Cl2NO5S. The summed E-state index contributed by atoms with van der Waals surface area (Å²) in [5.41, 5.74) is 0.811. The number of carboxylic acids is 1. The first-order chi connectivity index (χ1) is 12.4. The van der Waals surface area contributed by atoms with Crippen molar-refractivity contribution < 1.29 is 24.2 Å². The minimum Gasteiger partial charge on any atom is -0.478 e. The molecule has 0 aliphatic carbocycles. The lowest BCUT2D eigenvalue weighted by molar-refractivity contribution is -0.144. The van der Waals surface area contributed by atoms with Crippen molar-refractivity contribution in [3.8, 4) is 5.75 Å². The van der Waals surface area contributed by atoms with Crippen LogP contribution >= 0.6 is 35.0 Å². The molecule has 3 rings (SSSR count). The summed E-state index contributed by atoms with van der Waals surface area (Å²) in [5, 5.41) is 10.1. The molecule has 2 aliphatic rings. The Morgan fingerprint density at radius 1 is 1.31 bits per heavy atom. The number of ketones is 1. The molecule has 1 atom stereocenters. The van der Waals surface area contributed by atoms with Gasteiger partial charge in [-0.15, -0.1) is 11.8 Å². The first-order valence-electron chi connectivity index (χ1n) is 7.95. The van der Waals surface area contributed by atoms with Gasteiger partial charge in [-0.3, -0.25) is 4.79 Å². The number of ether oxygens (including phenoxy) is 2. The van der Waals surface area contributed by atoms with Gasteiger partial charge in [0.05, 0.1) is 23.3 Å². The third-order valence-electron chi connectivity index (χ3n) is 4.23. The average Bonchev–Trinajstić information content (AvgIpc) is 3.08. The van der Waals surface area contributed by atoms with E-state index in [1.54, 1.807) is 6.07 Å². The van der Waals surface area contributed by atoms with Crippen LogP contribution in [0.5, 0.6) is 5.75 Å². The highest BCUT2D eigenvalue weighted by Gasteiger charge is 2.33. The van der Waals surface area contributed by atoms with Crippen molar-refractivity contribution in [2.45, 2.75) is 12.5 Å². The number of hydrogen-bond donors (Lipinski definition) is 1. The summed E-state index contributed by atoms with van der Waals surface area (Å²) >= 11 is 14.0. The quantitative estimate of drug-likeness (QED) is 0.582. The number of allylic oxidation sites excluding steroid dienone is 1. The maximum Gasteiger partial charge on any atom is 0.345 e. The van der Waals surface area contributed by atoms with Gasteiger partial charge in [0.15, 0.2) is 11.9 Å². The number of fused-ring (bicyclic) bond motifs is 1. The zero-order valence-electron chi connectivity index (χ0n) is 14.0. The molecule has 1 aromatic carbocycles. The summed E-state index contributed by atoms with van der Waals surface area (Å²) in [7, 11) is 0. The standard InChI is InChI=1S/C17H17Cl2NO5S/c1-26-13(20-2-4-24-5-3-20)8-11(21)10-6-9-7-12(17(22)23)25-16(9)15(19)14(10)18/h6,8,12H,2-5,7H2,1H3,(H,22,23). The van der Waals surface area contributed by atoms with Gasteiger partial charge < -0.3 is 19.5 Å². The van der Waals surface area contributed by atoms with E-state index in [-0.39, 0.29) is 33.6 Å². The number of benzene rings is 1. The minimum atomic E-state index is -1.09. The van der Waals surface area contributed by atoms with Crippen LogP contribution in [0.25, 0.3) is 0 Å². The molecule has 6 nitrogen and oxygen atoms in total. The Balaban J connectivity index is 1.90. The first kappa shape index (κ1) is 19.4. The third kappa shape index (κ3) is 3.81. The van der Waals surface area contributed by atoms with Crippen LogP contribution in [0.2, 0.25) is 10.0 Å². The monoisotopic (exact) mass is 417 g/mol. The molecule has 1 saturated heterocycles. The van der Waals surface area contributed by atoms with E-state index in [1.807, 2.05) is 6.26 Å². The highest BCUT2D eigenvalue weighted by molar-refractivity contribution is 8.02. The van der Waals surface area contributed by atoms with Crippen molar-refractivity contribution in [2.24, 2.45) is 0 Å². The number of carbonyl (C=O) groups excluding carboxylic acids is 1. The highest BCUT2D eigenvalue weighted by atomic mass is 35.5. The molecule has 1 aromatic rings. The van der Waals surface area contributed by atoms with Crippen molar-refractivity contribution in [1.29, 1.82) is 0 Å². The van der Waals surface area contributed by atoms with Crippen LogP contribution in [0.4, 0.5) is 0 Å². The fourth-order valence-electron chi connectivity index (χ4n) is 2.89. The predicted molar refractivity (Wildman–Crippen MR) is 101 cm³/mol. The van der Waals surface area contributed by atoms with Gasteiger partial charge in [0.2, 0.25) is 0 Å². The molecule has 1 fully saturated rings. The molecule has 1 unspecified atom stereocenters. The molecule has 9 heteroatoms. The fourth-order valence-corrected chi connectivity index (χ4v) is 4.06. The van der Waals surface area contributed by atoms with Gasteiger partial charge >= 0.3 is 5.97 Å². The summed E-state index contributed by atoms with van der Waals surface area (Å²) in [6.45, 7) is 2.66. The van der Waals surface area contributed by atoms with Crippen molar-refractivity contribution >= 4 is 46.7 Å². The minimum absolute atomic E-state index is 0.0696. The van der Waals surface area contributed by atoms with Gasteiger partial charge in [-0.25, -0.2) is 4.79 Å². The Bertz CT molecular complexity index is 777. The zero-order chi connectivity index (χ0) is 18.8. The average molecular weight is 418 g/mol. The van der Waals surface area contributed by atoms with E-state index in [0.29, 0.717) is 31.9 Å². The number of aliphatic carboxylic acids is 1. The SMILES string of the molecule is CSC(=CC(=O)c1cc2c(c(Cl)c1Cl)OC(C(=O)O)C2)N1CCOCC1. The van der Waals surface area contributed by atoms with Gasteiger partial charge in [0, 0.05) is 36.7 Å². The van der Waals surface area contributed by atoms with Crippen LogP contribution in [-0.4, -0.2) is 60.4 Å². The lowest BCUT2D eigenvalue weighted by Gasteiger charge is -2.29. The Hall–Kier alpha value is -1.41. The second-order valence-electron chi connectivity index (χ2n) is 5.84. The van der Waals surface area contributed by atoms with Crippen molar-refractivity contribution in [2.75, 3.05) is 32.6 Å². The second-order valence-corrected chi connectivity index (χ2v) is 7.42. The van der Waals surface area contributed by atoms with Crippen molar-refractivity contribution in [3.63, 3.8) is 0 Å². The van der Waals surface area contributed by atoms with Crippen LogP contribution in [0.1, 0.15) is 15.9 Å². The van der Waals surface area contributed by atoms with Crippen molar-refractivity contribution in [3.05, 3.63) is 38.3 Å². The maximum atomic E-state index is 12.8. The highest BCUT2D eigenvalue weighted by Crippen LogP contribution is 2.42. The van der Waals surface area contributed by atoms with Gasteiger partial charge in [-0.1, -0.05) is 23.2 Å². The number of thioether (sulfide) groups is 1. The van der Waals surface area contributed by atoms with Crippen LogP contribution in [0.15, 0.2) is 17.2 Å². The number of carboxylic acid groups (broad SMARTS) is 1. The Kier molecular flexibility index (Phi) is 6.02. The number of nitrogens with zero attached hydrogens (tertiary/aromatic N) is 1. The van der Waals surface area contributed by atoms with Crippen LogP contribution < -0.4 is 4.74 Å². The lowest BCUT2D eigenvalue weighted by Crippen LogP contribution is -2.35. The molecule has 2 heterocycles. The van der Waals surface area contributed by atoms with Gasteiger partial charge in [0.1, 0.15) is 10.8 Å². The van der Waals surface area contributed by atoms with E-state index in [1.165, 1.54) is 17.8 Å². The number of rotatable bonds is 5. The lowest BCUT2D eigenvalue weighted by atomic mass is 10.0. The third-order valence-corrected chi connectivity index (χ3v) is 5.88. The Morgan fingerprint density at radius 2 is 2.00 bits per heavy atom. The largest absolute Gasteiger partial charge is 0.478 e. The molecule has 140 valence electrons. The van der Waals surface area contributed by atoms with Gasteiger partial charge in [-0.05, 0) is 12.3 Å². The van der Waals surface area contributed by atoms with Crippen LogP contribution in [0.3, 0.4) is 0 Å². The molecule has 0 saturated carbocycles. The number of carbonyl (C=O) groups is 2. The predicted octanol–water partition coefficient (Wildman–Crippen LogP) is 3.10. The second kappa shape index (κ2) is 8.08. The molecule has 1 N–H and O–H groups in total. The van der Waals surface area contributed by atoms with E-state index in [2.05, 4.69) is 4.90 Å². The number of morpholine rings is 1. The molecular weight excluding hydrogens is 401 g/mol. The molecule has 0 aromatic heterocycles. The normalized spacial score (nSPS) is 19.9. The summed E-state index contributed by atoms with van der Waals surface area (Å²) < 4.78 is 10.7. The fraction of sp³-hybridized carbons (Fsp3) is 0.412. The summed E-state index contributed by atoms with van der Waals surface area (Å²) in [5.74, 6) is -1.13. The molecule has 0 bridgehead atoms. The molecule has 26 heavy (non-hydrogen) atoms. The first-order valence-corrected chi connectivity index (χ1v) is 9.93. The smallest absolute Gasteiger partial charge is 0.345 e. The van der Waals surface area contributed by atoms with Crippen LogP contribution in [0, 0.1) is 0 Å². The molecule has 2 aliphatic heterocycles. The summed E-state index contributed by atoms with van der Waals surface area (Å²) in [6.07, 6.45) is 2.56. The topological polar surface area (TPSA) is 76.1 Å². The van der Waals surface area contributed by atoms with E-state index < -0.39 is 12.1 Å². The maximum absolute atomic E-state index is 12.8. The molecule has 0 amide bonds. The van der Waals surface area contributed by atoms with E-state index in [0.717, 1.165) is 5.03 Å².